The number of fused-ring (bicyclic) bond motifs is 5. The third kappa shape index (κ3) is 6.12. The molecule has 8 atom stereocenters. The number of amides is 1. The van der Waals surface area contributed by atoms with Gasteiger partial charge in [-0.25, -0.2) is 0 Å². The van der Waals surface area contributed by atoms with Crippen LogP contribution in [0.1, 0.15) is 112 Å². The Bertz CT molecular complexity index is 852. The summed E-state index contributed by atoms with van der Waals surface area (Å²) >= 11 is 0. The molecule has 2 N–H and O–H groups in total. The summed E-state index contributed by atoms with van der Waals surface area (Å²) in [5.74, 6) is 3.60. The predicted octanol–water partition coefficient (Wildman–Crippen LogP) is 7.00. The number of carboxylic acids is 1. The number of hydrogen-bond donors (Lipinski definition) is 2. The van der Waals surface area contributed by atoms with Crippen LogP contribution in [0.5, 0.6) is 0 Å². The van der Waals surface area contributed by atoms with E-state index in [4.69, 9.17) is 9.84 Å². The van der Waals surface area contributed by atoms with Gasteiger partial charge in [0.05, 0.1) is 12.7 Å². The molecule has 210 valence electrons. The van der Waals surface area contributed by atoms with Crippen LogP contribution in [0.25, 0.3) is 0 Å². The molecule has 4 rings (SSSR count). The van der Waals surface area contributed by atoms with E-state index in [0.717, 1.165) is 48.3 Å². The van der Waals surface area contributed by atoms with Gasteiger partial charge in [-0.05, 0) is 97.7 Å². The van der Waals surface area contributed by atoms with Crippen LogP contribution in [0.2, 0.25) is 0 Å². The zero-order valence-corrected chi connectivity index (χ0v) is 24.2. The number of nitrogens with one attached hydrogen (secondary N) is 1. The molecule has 37 heavy (non-hydrogen) atoms. The molecule has 0 heterocycles. The molecular weight excluding hydrogens is 462 g/mol. The summed E-state index contributed by atoms with van der Waals surface area (Å²) in [5, 5.41) is 11.4. The lowest BCUT2D eigenvalue weighted by Gasteiger charge is -2.58. The van der Waals surface area contributed by atoms with E-state index in [2.05, 4.69) is 46.0 Å². The molecule has 4 aliphatic rings. The first-order chi connectivity index (χ1) is 17.5. The molecule has 0 aromatic rings. The number of ether oxygens (including phenoxy) is 1. The van der Waals surface area contributed by atoms with Gasteiger partial charge < -0.3 is 15.2 Å². The Kier molecular flexibility index (Phi) is 9.13. The molecule has 0 radical (unpaired) electrons. The summed E-state index contributed by atoms with van der Waals surface area (Å²) in [7, 11) is 0. The van der Waals surface area contributed by atoms with Crippen molar-refractivity contribution in [1.29, 1.82) is 0 Å². The van der Waals surface area contributed by atoms with Gasteiger partial charge in [0.1, 0.15) is 6.42 Å². The van der Waals surface area contributed by atoms with Crippen molar-refractivity contribution >= 4 is 11.9 Å². The van der Waals surface area contributed by atoms with Crippen molar-refractivity contribution in [3.8, 4) is 0 Å². The lowest BCUT2D eigenvalue weighted by atomic mass is 9.47. The van der Waals surface area contributed by atoms with E-state index >= 15 is 0 Å². The average Bonchev–Trinajstić information content (AvgIpc) is 3.18. The quantitative estimate of drug-likeness (QED) is 0.176. The monoisotopic (exact) mass is 515 g/mol. The van der Waals surface area contributed by atoms with Crippen LogP contribution in [0.3, 0.4) is 0 Å². The highest BCUT2D eigenvalue weighted by Crippen LogP contribution is 2.67. The van der Waals surface area contributed by atoms with Crippen LogP contribution in [0, 0.1) is 46.3 Å². The van der Waals surface area contributed by atoms with Crippen molar-refractivity contribution in [2.75, 3.05) is 13.2 Å². The Morgan fingerprint density at radius 2 is 1.86 bits per heavy atom. The summed E-state index contributed by atoms with van der Waals surface area (Å²) in [6, 6.07) is 0. The Hall–Kier alpha value is -1.36. The second-order valence-corrected chi connectivity index (χ2v) is 13.9. The molecule has 0 bridgehead atoms. The zero-order chi connectivity index (χ0) is 26.8. The smallest absolute Gasteiger partial charge is 0.312 e. The second-order valence-electron chi connectivity index (χ2n) is 13.9. The molecule has 5 heteroatoms. The fraction of sp³-hybridized carbons (Fsp3) is 0.875. The van der Waals surface area contributed by atoms with Crippen LogP contribution in [-0.4, -0.2) is 36.2 Å². The average molecular weight is 516 g/mol. The van der Waals surface area contributed by atoms with Gasteiger partial charge in [0.15, 0.2) is 0 Å². The standard InChI is InChI=1S/C32H53NO4/c1-21(2)7-6-8-22(3)26-11-12-27-25-10-9-23-19-24(37-18-17-33-29(34)20-30(35)36)13-15-31(23,4)28(25)14-16-32(26,27)5/h9,21-22,24-28H,6-8,10-20H2,1-5H3,(H,33,34)(H,35,36)/t22-,24+,25?,26-,27?,28?,31+,32-/m1/s1. The van der Waals surface area contributed by atoms with Crippen molar-refractivity contribution in [2.45, 2.75) is 118 Å². The van der Waals surface area contributed by atoms with Crippen LogP contribution >= 0.6 is 0 Å². The molecule has 3 unspecified atom stereocenters. The van der Waals surface area contributed by atoms with E-state index in [1.165, 1.54) is 57.8 Å². The van der Waals surface area contributed by atoms with Crippen molar-refractivity contribution in [3.05, 3.63) is 11.6 Å². The number of carbonyl (C=O) groups is 2. The topological polar surface area (TPSA) is 75.6 Å². The number of rotatable bonds is 11. The molecule has 0 aromatic heterocycles. The Morgan fingerprint density at radius 3 is 2.59 bits per heavy atom. The molecular formula is C32H53NO4. The van der Waals surface area contributed by atoms with Crippen molar-refractivity contribution < 1.29 is 19.4 Å². The fourth-order valence-corrected chi connectivity index (χ4v) is 9.41. The minimum absolute atomic E-state index is 0.212. The van der Waals surface area contributed by atoms with Gasteiger partial charge >= 0.3 is 5.97 Å². The van der Waals surface area contributed by atoms with Gasteiger partial charge in [0.25, 0.3) is 0 Å². The normalized spacial score (nSPS) is 37.8. The van der Waals surface area contributed by atoms with E-state index in [1.807, 2.05) is 0 Å². The third-order valence-electron chi connectivity index (χ3n) is 11.3. The summed E-state index contributed by atoms with van der Waals surface area (Å²) < 4.78 is 6.14. The fourth-order valence-electron chi connectivity index (χ4n) is 9.41. The van der Waals surface area contributed by atoms with Crippen LogP contribution < -0.4 is 5.32 Å². The highest BCUT2D eigenvalue weighted by atomic mass is 16.5. The van der Waals surface area contributed by atoms with Crippen LogP contribution in [0.4, 0.5) is 0 Å². The number of carbonyl (C=O) groups excluding carboxylic acids is 1. The molecule has 4 aliphatic carbocycles. The predicted molar refractivity (Wildman–Crippen MR) is 148 cm³/mol. The largest absolute Gasteiger partial charge is 0.481 e. The summed E-state index contributed by atoms with van der Waals surface area (Å²) in [6.45, 7) is 13.3. The molecule has 0 aromatic carbocycles. The van der Waals surface area contributed by atoms with E-state index in [9.17, 15) is 9.59 Å². The molecule has 1 amide bonds. The van der Waals surface area contributed by atoms with Gasteiger partial charge in [-0.3, -0.25) is 9.59 Å². The summed E-state index contributed by atoms with van der Waals surface area (Å²) in [5.41, 5.74) is 2.48. The SMILES string of the molecule is CC(C)CCC[C@@H](C)[C@H]1CCC2C3CC=C4C[C@@H](OCCNC(=O)CC(=O)O)CC[C@]4(C)C3CC[C@@]21C. The minimum atomic E-state index is -1.10. The lowest BCUT2D eigenvalue weighted by molar-refractivity contribution is -0.140. The molecule has 0 spiro atoms. The Labute approximate surface area is 225 Å². The molecule has 3 saturated carbocycles. The molecule has 3 fully saturated rings. The van der Waals surface area contributed by atoms with Crippen molar-refractivity contribution in [3.63, 3.8) is 0 Å². The van der Waals surface area contributed by atoms with Gasteiger partial charge in [-0.2, -0.15) is 0 Å². The number of aliphatic carboxylic acids is 1. The van der Waals surface area contributed by atoms with Gasteiger partial charge in [-0.15, -0.1) is 0 Å². The molecule has 0 aliphatic heterocycles. The third-order valence-corrected chi connectivity index (χ3v) is 11.3. The Morgan fingerprint density at radius 1 is 1.08 bits per heavy atom. The van der Waals surface area contributed by atoms with Crippen molar-refractivity contribution in [2.24, 2.45) is 46.3 Å². The summed E-state index contributed by atoms with van der Waals surface area (Å²) in [6.07, 6.45) is 16.8. The second kappa shape index (κ2) is 11.8. The van der Waals surface area contributed by atoms with Crippen LogP contribution in [-0.2, 0) is 14.3 Å². The van der Waals surface area contributed by atoms with E-state index in [-0.39, 0.29) is 6.10 Å². The number of carboxylic acid groups (broad SMARTS) is 1. The van der Waals surface area contributed by atoms with Crippen molar-refractivity contribution in [1.82, 2.24) is 5.32 Å². The van der Waals surface area contributed by atoms with Gasteiger partial charge in [0.2, 0.25) is 5.91 Å². The first-order valence-electron chi connectivity index (χ1n) is 15.3. The maximum absolute atomic E-state index is 11.5. The molecule has 0 saturated heterocycles. The first kappa shape index (κ1) is 28.6. The minimum Gasteiger partial charge on any atom is -0.481 e. The maximum atomic E-state index is 11.5. The summed E-state index contributed by atoms with van der Waals surface area (Å²) in [4.78, 5) is 22.2. The lowest BCUT2D eigenvalue weighted by Crippen LogP contribution is -2.51. The highest BCUT2D eigenvalue weighted by Gasteiger charge is 2.59. The van der Waals surface area contributed by atoms with Crippen LogP contribution in [0.15, 0.2) is 11.6 Å². The van der Waals surface area contributed by atoms with Gasteiger partial charge in [0, 0.05) is 6.54 Å². The zero-order valence-electron chi connectivity index (χ0n) is 24.2. The van der Waals surface area contributed by atoms with E-state index in [1.54, 1.807) is 5.57 Å². The van der Waals surface area contributed by atoms with Gasteiger partial charge in [-0.1, -0.05) is 65.5 Å². The van der Waals surface area contributed by atoms with E-state index in [0.29, 0.717) is 24.0 Å². The maximum Gasteiger partial charge on any atom is 0.312 e. The highest BCUT2D eigenvalue weighted by molar-refractivity contribution is 5.93. The molecule has 5 nitrogen and oxygen atoms in total. The number of allylic oxidation sites excluding steroid dienone is 1. The Balaban J connectivity index is 1.33. The first-order valence-corrected chi connectivity index (χ1v) is 15.3. The number of hydrogen-bond acceptors (Lipinski definition) is 3. The van der Waals surface area contributed by atoms with E-state index < -0.39 is 18.3 Å².